The lowest BCUT2D eigenvalue weighted by Gasteiger charge is -2.19. The fraction of sp³-hybridized carbons (Fsp3) is 0.167. The molecule has 1 unspecified atom stereocenters. The third-order valence-electron chi connectivity index (χ3n) is 4.69. The summed E-state index contributed by atoms with van der Waals surface area (Å²) >= 11 is 0. The summed E-state index contributed by atoms with van der Waals surface area (Å²) in [6.45, 7) is 0.411. The number of halogens is 1. The van der Waals surface area contributed by atoms with Crippen LogP contribution in [0, 0.1) is 5.41 Å². The molecule has 2 heterocycles. The summed E-state index contributed by atoms with van der Waals surface area (Å²) in [6, 6.07) is 15.1. The Kier molecular flexibility index (Phi) is 9.02. The predicted octanol–water partition coefficient (Wildman–Crippen LogP) is 2.28. The van der Waals surface area contributed by atoms with E-state index in [2.05, 4.69) is 25.4 Å². The molecule has 1 atom stereocenters. The van der Waals surface area contributed by atoms with Crippen molar-refractivity contribution < 1.29 is 19.0 Å². The van der Waals surface area contributed by atoms with Gasteiger partial charge < -0.3 is 20.9 Å². The summed E-state index contributed by atoms with van der Waals surface area (Å²) in [5.41, 5.74) is 7.04. The number of nitrogen functional groups attached to an aromatic ring is 1. The van der Waals surface area contributed by atoms with E-state index in [1.807, 2.05) is 6.07 Å². The maximum Gasteiger partial charge on any atom is 0.350 e. The zero-order chi connectivity index (χ0) is 26.8. The Morgan fingerprint density at radius 3 is 2.51 bits per heavy atom. The molecule has 4 rings (SSSR count). The highest BCUT2D eigenvalue weighted by Crippen LogP contribution is 2.27. The Balaban J connectivity index is 0.000000886. The van der Waals surface area contributed by atoms with Crippen molar-refractivity contribution >= 4 is 17.5 Å². The van der Waals surface area contributed by atoms with Crippen molar-refractivity contribution in [2.24, 2.45) is 5.73 Å². The molecular formula is C24H25FN8O4. The van der Waals surface area contributed by atoms with Crippen LogP contribution >= 0.6 is 0 Å². The highest BCUT2D eigenvalue weighted by atomic mass is 19.1. The molecule has 0 radical (unpaired) electrons. The van der Waals surface area contributed by atoms with Crippen molar-refractivity contribution in [1.82, 2.24) is 24.7 Å². The van der Waals surface area contributed by atoms with Gasteiger partial charge in [-0.25, -0.2) is 19.2 Å². The monoisotopic (exact) mass is 508 g/mol. The van der Waals surface area contributed by atoms with Crippen LogP contribution in [-0.4, -0.2) is 54.9 Å². The summed E-state index contributed by atoms with van der Waals surface area (Å²) in [5.74, 6) is 0.0547. The van der Waals surface area contributed by atoms with Gasteiger partial charge in [-0.05, 0) is 48.0 Å². The number of nitrogens with one attached hydrogen (secondary N) is 3. The fourth-order valence-electron chi connectivity index (χ4n) is 3.17. The fourth-order valence-corrected chi connectivity index (χ4v) is 3.17. The molecule has 0 bridgehead atoms. The van der Waals surface area contributed by atoms with Crippen molar-refractivity contribution in [3.8, 4) is 11.7 Å². The van der Waals surface area contributed by atoms with Gasteiger partial charge in [0.25, 0.3) is 11.9 Å². The Bertz CT molecular complexity index is 1390. The number of nitrogens with two attached hydrogens (primary N) is 1. The van der Waals surface area contributed by atoms with Crippen LogP contribution in [0.4, 0.5) is 10.1 Å². The molecule has 0 spiro atoms. The molecule has 2 aromatic carbocycles. The SMILES string of the molecule is CC(=O)O.N=C(N)c1ccc(NC(c2cccc(OCCF)c2)c2nn(-c3ncccn3)c(=O)[nH]2)cc1. The molecule has 13 heteroatoms. The van der Waals surface area contributed by atoms with Crippen molar-refractivity contribution in [3.05, 3.63) is 94.4 Å². The van der Waals surface area contributed by atoms with E-state index < -0.39 is 24.4 Å². The zero-order valence-corrected chi connectivity index (χ0v) is 19.8. The Morgan fingerprint density at radius 1 is 1.22 bits per heavy atom. The highest BCUT2D eigenvalue weighted by Gasteiger charge is 2.21. The van der Waals surface area contributed by atoms with Gasteiger partial charge in [0.1, 0.15) is 30.9 Å². The third-order valence-corrected chi connectivity index (χ3v) is 4.69. The minimum Gasteiger partial charge on any atom is -0.491 e. The lowest BCUT2D eigenvalue weighted by Crippen LogP contribution is -2.18. The van der Waals surface area contributed by atoms with Gasteiger partial charge in [0.2, 0.25) is 0 Å². The molecule has 0 aliphatic rings. The first-order chi connectivity index (χ1) is 17.8. The van der Waals surface area contributed by atoms with Crippen molar-refractivity contribution in [2.75, 3.05) is 18.6 Å². The Labute approximate surface area is 210 Å². The summed E-state index contributed by atoms with van der Waals surface area (Å²) in [7, 11) is 0. The number of nitrogens with zero attached hydrogens (tertiary/aromatic N) is 4. The molecule has 12 nitrogen and oxygen atoms in total. The number of amidine groups is 1. The number of carbonyl (C=O) groups is 1. The molecule has 37 heavy (non-hydrogen) atoms. The summed E-state index contributed by atoms with van der Waals surface area (Å²) in [5, 5.41) is 22.7. The van der Waals surface area contributed by atoms with Gasteiger partial charge in [0.15, 0.2) is 5.82 Å². The number of carboxylic acids is 1. The van der Waals surface area contributed by atoms with Crippen LogP contribution in [0.2, 0.25) is 0 Å². The lowest BCUT2D eigenvalue weighted by molar-refractivity contribution is -0.134. The van der Waals surface area contributed by atoms with Gasteiger partial charge in [0.05, 0.1) is 0 Å². The molecule has 0 saturated heterocycles. The Hall–Kier alpha value is -5.07. The van der Waals surface area contributed by atoms with Gasteiger partial charge in [-0.1, -0.05) is 12.1 Å². The van der Waals surface area contributed by atoms with Crippen LogP contribution in [0.25, 0.3) is 5.95 Å². The van der Waals surface area contributed by atoms with E-state index in [1.165, 1.54) is 12.4 Å². The number of aromatic amines is 1. The van der Waals surface area contributed by atoms with E-state index in [4.69, 9.17) is 25.8 Å². The molecule has 192 valence electrons. The van der Waals surface area contributed by atoms with Gasteiger partial charge in [-0.2, -0.15) is 0 Å². The summed E-state index contributed by atoms with van der Waals surface area (Å²) in [4.78, 5) is 32.5. The van der Waals surface area contributed by atoms with Crippen LogP contribution in [-0.2, 0) is 4.79 Å². The Morgan fingerprint density at radius 2 is 1.89 bits per heavy atom. The van der Waals surface area contributed by atoms with Crippen molar-refractivity contribution in [2.45, 2.75) is 13.0 Å². The summed E-state index contributed by atoms with van der Waals surface area (Å²) in [6.07, 6.45) is 3.03. The molecule has 0 amide bonds. The second-order valence-corrected chi connectivity index (χ2v) is 7.47. The van der Waals surface area contributed by atoms with Crippen molar-refractivity contribution in [3.63, 3.8) is 0 Å². The number of aromatic nitrogens is 5. The van der Waals surface area contributed by atoms with Crippen LogP contribution < -0.4 is 21.5 Å². The molecule has 4 aromatic rings. The van der Waals surface area contributed by atoms with Gasteiger partial charge >= 0.3 is 5.69 Å². The van der Waals surface area contributed by atoms with E-state index >= 15 is 0 Å². The number of rotatable bonds is 9. The molecular weight excluding hydrogens is 483 g/mol. The topological polar surface area (TPSA) is 185 Å². The third kappa shape index (κ3) is 7.45. The van der Waals surface area contributed by atoms with Crippen LogP contribution in [0.3, 0.4) is 0 Å². The average molecular weight is 509 g/mol. The van der Waals surface area contributed by atoms with Gasteiger partial charge in [-0.15, -0.1) is 9.78 Å². The number of hydrogen-bond acceptors (Lipinski definition) is 8. The van der Waals surface area contributed by atoms with E-state index in [9.17, 15) is 9.18 Å². The van der Waals surface area contributed by atoms with E-state index in [1.54, 1.807) is 48.5 Å². The predicted molar refractivity (Wildman–Crippen MR) is 134 cm³/mol. The number of benzene rings is 2. The highest BCUT2D eigenvalue weighted by molar-refractivity contribution is 5.95. The maximum atomic E-state index is 12.6. The van der Waals surface area contributed by atoms with E-state index in [0.29, 0.717) is 22.8 Å². The second-order valence-electron chi connectivity index (χ2n) is 7.47. The molecule has 0 aliphatic heterocycles. The van der Waals surface area contributed by atoms with Crippen molar-refractivity contribution in [1.29, 1.82) is 5.41 Å². The number of carboxylic acid groups (broad SMARTS) is 1. The minimum atomic E-state index is -0.833. The average Bonchev–Trinajstić information content (AvgIpc) is 3.27. The first-order valence-corrected chi connectivity index (χ1v) is 10.9. The number of alkyl halides is 1. The largest absolute Gasteiger partial charge is 0.491 e. The summed E-state index contributed by atoms with van der Waals surface area (Å²) < 4.78 is 19.1. The van der Waals surface area contributed by atoms with Crippen LogP contribution in [0.5, 0.6) is 5.75 Å². The quantitative estimate of drug-likeness (QED) is 0.167. The number of aliphatic carboxylic acids is 1. The minimum absolute atomic E-state index is 0.0400. The standard InChI is InChI=1S/C22H21FN8O2.C2H4O2/c23-9-12-33-17-4-1-3-15(13-17)18(28-16-7-5-14(6-8-16)19(24)25)20-29-22(32)31(30-20)21-26-10-2-11-27-21;1-2(3)4/h1-8,10-11,13,18,28H,9,12H2,(H3,24,25)(H,29,30,32);1H3,(H,3,4). The van der Waals surface area contributed by atoms with Gasteiger partial charge in [-0.3, -0.25) is 15.2 Å². The number of hydrogen-bond donors (Lipinski definition) is 5. The molecule has 0 aliphatic carbocycles. The van der Waals surface area contributed by atoms with Crippen LogP contribution in [0.15, 0.2) is 71.8 Å². The molecule has 0 saturated carbocycles. The smallest absolute Gasteiger partial charge is 0.350 e. The molecule has 0 fully saturated rings. The normalized spacial score (nSPS) is 11.1. The maximum absolute atomic E-state index is 12.6. The van der Waals surface area contributed by atoms with Crippen LogP contribution in [0.1, 0.15) is 29.9 Å². The number of H-pyrrole nitrogens is 1. The molecule has 2 aromatic heterocycles. The lowest BCUT2D eigenvalue weighted by atomic mass is 10.0. The van der Waals surface area contributed by atoms with E-state index in [0.717, 1.165) is 17.2 Å². The number of anilines is 1. The number of ether oxygens (including phenoxy) is 1. The first-order valence-electron chi connectivity index (χ1n) is 10.9. The van der Waals surface area contributed by atoms with Gasteiger partial charge in [0, 0.05) is 30.6 Å². The van der Waals surface area contributed by atoms with E-state index in [-0.39, 0.29) is 18.4 Å². The second kappa shape index (κ2) is 12.6. The molecule has 6 N–H and O–H groups in total. The first kappa shape index (κ1) is 26.5. The zero-order valence-electron chi connectivity index (χ0n) is 19.8.